The molecule has 3 aromatic rings. The Morgan fingerprint density at radius 1 is 0.968 bits per heavy atom. The Hall–Kier alpha value is -2.72. The summed E-state index contributed by atoms with van der Waals surface area (Å²) in [5, 5.41) is 2.73. The molecule has 10 heteroatoms. The average molecular weight is 466 g/mol. The summed E-state index contributed by atoms with van der Waals surface area (Å²) < 4.78 is 39.7. The molecule has 1 aliphatic heterocycles. The number of benzene rings is 1. The Balaban J connectivity index is 1.45. The number of piperazine rings is 1. The van der Waals surface area contributed by atoms with Gasteiger partial charge in [-0.1, -0.05) is 18.2 Å². The summed E-state index contributed by atoms with van der Waals surface area (Å²) in [6.07, 6.45) is -4.60. The molecule has 1 fully saturated rings. The number of aromatic nitrogens is 1. The number of amides is 2. The van der Waals surface area contributed by atoms with Crippen molar-refractivity contribution in [2.24, 2.45) is 0 Å². The highest BCUT2D eigenvalue weighted by Crippen LogP contribution is 2.33. The molecule has 0 spiro atoms. The minimum Gasteiger partial charge on any atom is -0.335 e. The molecule has 31 heavy (non-hydrogen) atoms. The van der Waals surface area contributed by atoms with Crippen molar-refractivity contribution in [1.82, 2.24) is 14.8 Å². The summed E-state index contributed by atoms with van der Waals surface area (Å²) in [5.41, 5.74) is -0.662. The van der Waals surface area contributed by atoms with E-state index in [0.29, 0.717) is 10.6 Å². The Labute approximate surface area is 184 Å². The van der Waals surface area contributed by atoms with Crippen LogP contribution in [0.3, 0.4) is 0 Å². The van der Waals surface area contributed by atoms with Gasteiger partial charge < -0.3 is 9.80 Å². The minimum absolute atomic E-state index is 0.166. The summed E-state index contributed by atoms with van der Waals surface area (Å²) in [4.78, 5) is 34.7. The van der Waals surface area contributed by atoms with Gasteiger partial charge in [-0.2, -0.15) is 13.2 Å². The first kappa shape index (κ1) is 21.5. The number of nitrogens with zero attached hydrogens (tertiary/aromatic N) is 3. The van der Waals surface area contributed by atoms with Crippen molar-refractivity contribution >= 4 is 34.5 Å². The molecule has 5 nitrogen and oxygen atoms in total. The molecular formula is C21H18F3N3O2S2. The molecule has 0 radical (unpaired) electrons. The van der Waals surface area contributed by atoms with Crippen LogP contribution in [0.15, 0.2) is 41.8 Å². The van der Waals surface area contributed by atoms with Crippen LogP contribution < -0.4 is 0 Å². The fourth-order valence-corrected chi connectivity index (χ4v) is 5.27. The maximum absolute atomic E-state index is 13.2. The zero-order valence-corrected chi connectivity index (χ0v) is 18.1. The van der Waals surface area contributed by atoms with Crippen molar-refractivity contribution in [2.45, 2.75) is 13.1 Å². The van der Waals surface area contributed by atoms with E-state index in [4.69, 9.17) is 0 Å². The molecule has 0 N–H and O–H groups in total. The average Bonchev–Trinajstić information content (AvgIpc) is 3.42. The van der Waals surface area contributed by atoms with E-state index in [9.17, 15) is 22.8 Å². The molecule has 0 saturated carbocycles. The highest BCUT2D eigenvalue weighted by molar-refractivity contribution is 7.22. The van der Waals surface area contributed by atoms with Gasteiger partial charge in [0.2, 0.25) is 0 Å². The van der Waals surface area contributed by atoms with Gasteiger partial charge in [0.05, 0.1) is 21.7 Å². The van der Waals surface area contributed by atoms with Crippen LogP contribution in [0, 0.1) is 6.92 Å². The molecule has 1 saturated heterocycles. The van der Waals surface area contributed by atoms with Gasteiger partial charge in [-0.25, -0.2) is 4.98 Å². The number of aryl methyl sites for hydroxylation is 1. The van der Waals surface area contributed by atoms with E-state index in [1.807, 2.05) is 17.5 Å². The van der Waals surface area contributed by atoms with Crippen molar-refractivity contribution in [3.8, 4) is 9.88 Å². The SMILES string of the molecule is Cc1nc(-c2cccs2)sc1C(=O)N1CCN(C(=O)c2ccccc2C(F)(F)F)CC1. The number of hydrogen-bond acceptors (Lipinski definition) is 5. The topological polar surface area (TPSA) is 53.5 Å². The largest absolute Gasteiger partial charge is 0.417 e. The number of carbonyl (C=O) groups excluding carboxylic acids is 2. The van der Waals surface area contributed by atoms with Gasteiger partial charge in [-0.05, 0) is 30.5 Å². The Bertz CT molecular complexity index is 1100. The quantitative estimate of drug-likeness (QED) is 0.559. The highest BCUT2D eigenvalue weighted by Gasteiger charge is 2.36. The summed E-state index contributed by atoms with van der Waals surface area (Å²) >= 11 is 2.88. The van der Waals surface area contributed by atoms with E-state index >= 15 is 0 Å². The third-order valence-electron chi connectivity index (χ3n) is 5.04. The molecule has 3 heterocycles. The molecule has 1 aromatic carbocycles. The number of thiazole rings is 1. The first-order chi connectivity index (χ1) is 14.8. The number of thiophene rings is 1. The molecule has 162 valence electrons. The fraction of sp³-hybridized carbons (Fsp3) is 0.286. The zero-order chi connectivity index (χ0) is 22.2. The fourth-order valence-electron chi connectivity index (χ4n) is 3.44. The van der Waals surface area contributed by atoms with E-state index in [0.717, 1.165) is 16.0 Å². The molecule has 0 unspecified atom stereocenters. The second-order valence-corrected chi connectivity index (χ2v) is 8.99. The predicted molar refractivity (Wildman–Crippen MR) is 113 cm³/mol. The maximum atomic E-state index is 13.2. The van der Waals surface area contributed by atoms with Gasteiger partial charge in [-0.15, -0.1) is 22.7 Å². The lowest BCUT2D eigenvalue weighted by atomic mass is 10.1. The lowest BCUT2D eigenvalue weighted by molar-refractivity contribution is -0.138. The molecule has 1 aliphatic rings. The minimum atomic E-state index is -4.60. The van der Waals surface area contributed by atoms with Crippen LogP contribution >= 0.6 is 22.7 Å². The third-order valence-corrected chi connectivity index (χ3v) is 7.22. The Kier molecular flexibility index (Phi) is 5.85. The van der Waals surface area contributed by atoms with Crippen molar-refractivity contribution in [3.05, 3.63) is 63.5 Å². The van der Waals surface area contributed by atoms with Crippen LogP contribution in [0.2, 0.25) is 0 Å². The first-order valence-corrected chi connectivity index (χ1v) is 11.2. The standard InChI is InChI=1S/C21H18F3N3O2S2/c1-13-17(31-18(25-13)16-7-4-12-30-16)20(29)27-10-8-26(9-11-27)19(28)14-5-2-3-6-15(14)21(22,23)24/h2-7,12H,8-11H2,1H3. The molecular weight excluding hydrogens is 447 g/mol. The van der Waals surface area contributed by atoms with Crippen LogP contribution in [-0.2, 0) is 6.18 Å². The van der Waals surface area contributed by atoms with Gasteiger partial charge in [0.15, 0.2) is 0 Å². The van der Waals surface area contributed by atoms with Crippen molar-refractivity contribution in [1.29, 1.82) is 0 Å². The van der Waals surface area contributed by atoms with Gasteiger partial charge in [-0.3, -0.25) is 9.59 Å². The second-order valence-electron chi connectivity index (χ2n) is 7.04. The van der Waals surface area contributed by atoms with E-state index in [2.05, 4.69) is 4.98 Å². The van der Waals surface area contributed by atoms with Gasteiger partial charge in [0, 0.05) is 26.2 Å². The zero-order valence-electron chi connectivity index (χ0n) is 16.5. The lowest BCUT2D eigenvalue weighted by Gasteiger charge is -2.35. The number of hydrogen-bond donors (Lipinski definition) is 0. The summed E-state index contributed by atoms with van der Waals surface area (Å²) in [7, 11) is 0. The van der Waals surface area contributed by atoms with Gasteiger partial charge in [0.25, 0.3) is 11.8 Å². The highest BCUT2D eigenvalue weighted by atomic mass is 32.1. The van der Waals surface area contributed by atoms with Crippen molar-refractivity contribution in [3.63, 3.8) is 0 Å². The van der Waals surface area contributed by atoms with Gasteiger partial charge >= 0.3 is 6.18 Å². The van der Waals surface area contributed by atoms with Gasteiger partial charge in [0.1, 0.15) is 9.88 Å². The van der Waals surface area contributed by atoms with E-state index in [1.165, 1.54) is 34.4 Å². The van der Waals surface area contributed by atoms with Crippen molar-refractivity contribution in [2.75, 3.05) is 26.2 Å². The normalized spacial score (nSPS) is 14.7. The second kappa shape index (κ2) is 8.43. The summed E-state index contributed by atoms with van der Waals surface area (Å²) in [5.74, 6) is -0.838. The molecule has 0 atom stereocenters. The lowest BCUT2D eigenvalue weighted by Crippen LogP contribution is -2.50. The van der Waals surface area contributed by atoms with E-state index in [-0.39, 0.29) is 37.6 Å². The molecule has 2 amide bonds. The predicted octanol–water partition coefficient (Wildman–Crippen LogP) is 4.80. The molecule has 2 aromatic heterocycles. The monoisotopic (exact) mass is 465 g/mol. The third kappa shape index (κ3) is 4.35. The number of alkyl halides is 3. The van der Waals surface area contributed by atoms with Crippen LogP contribution in [0.5, 0.6) is 0 Å². The van der Waals surface area contributed by atoms with Crippen LogP contribution in [0.25, 0.3) is 9.88 Å². The van der Waals surface area contributed by atoms with Crippen LogP contribution in [0.1, 0.15) is 31.3 Å². The summed E-state index contributed by atoms with van der Waals surface area (Å²) in [6, 6.07) is 8.64. The molecule has 0 bridgehead atoms. The van der Waals surface area contributed by atoms with E-state index in [1.54, 1.807) is 23.2 Å². The van der Waals surface area contributed by atoms with Crippen molar-refractivity contribution < 1.29 is 22.8 Å². The Morgan fingerprint density at radius 3 is 2.23 bits per heavy atom. The number of halogens is 3. The van der Waals surface area contributed by atoms with Crippen LogP contribution in [0.4, 0.5) is 13.2 Å². The maximum Gasteiger partial charge on any atom is 0.417 e. The summed E-state index contributed by atoms with van der Waals surface area (Å²) in [6.45, 7) is 2.64. The van der Waals surface area contributed by atoms with Crippen LogP contribution in [-0.4, -0.2) is 52.8 Å². The molecule has 4 rings (SSSR count). The van der Waals surface area contributed by atoms with E-state index < -0.39 is 17.6 Å². The smallest absolute Gasteiger partial charge is 0.335 e. The number of rotatable bonds is 3. The molecule has 0 aliphatic carbocycles. The first-order valence-electron chi connectivity index (χ1n) is 9.52. The number of carbonyl (C=O) groups is 2. The Morgan fingerprint density at radius 2 is 1.61 bits per heavy atom.